The largest absolute Gasteiger partial charge is 0.382 e. The van der Waals surface area contributed by atoms with Gasteiger partial charge in [-0.05, 0) is 62.1 Å². The van der Waals surface area contributed by atoms with Crippen molar-refractivity contribution in [1.29, 1.82) is 0 Å². The molecule has 0 radical (unpaired) electrons. The number of nitrogens with two attached hydrogens (primary N) is 1. The van der Waals surface area contributed by atoms with Gasteiger partial charge in [-0.3, -0.25) is 14.0 Å². The van der Waals surface area contributed by atoms with Crippen LogP contribution in [0.2, 0.25) is 0 Å². The van der Waals surface area contributed by atoms with Gasteiger partial charge in [0.2, 0.25) is 5.91 Å². The summed E-state index contributed by atoms with van der Waals surface area (Å²) >= 11 is 0. The molecule has 4 aromatic rings. The topological polar surface area (TPSA) is 119 Å². The third-order valence-electron chi connectivity index (χ3n) is 6.52. The first-order valence-corrected chi connectivity index (χ1v) is 11.9. The van der Waals surface area contributed by atoms with E-state index >= 15 is 0 Å². The van der Waals surface area contributed by atoms with Crippen molar-refractivity contribution in [2.24, 2.45) is 0 Å². The van der Waals surface area contributed by atoms with Crippen molar-refractivity contribution in [3.8, 4) is 11.3 Å². The second kappa shape index (κ2) is 9.61. The summed E-state index contributed by atoms with van der Waals surface area (Å²) in [6.07, 6.45) is 9.17. The van der Waals surface area contributed by atoms with E-state index in [-0.39, 0.29) is 17.9 Å². The Hall–Kier alpha value is -4.53. The number of aryl methyl sites for hydroxylation is 1. The Bertz CT molecular complexity index is 1460. The maximum Gasteiger partial charge on any atom is 0.256 e. The van der Waals surface area contributed by atoms with Crippen molar-refractivity contribution in [2.45, 2.75) is 32.2 Å². The molecular weight excluding hydrogens is 454 g/mol. The molecule has 0 spiro atoms. The van der Waals surface area contributed by atoms with Crippen molar-refractivity contribution in [2.75, 3.05) is 17.6 Å². The molecule has 9 heteroatoms. The molecular formula is C27H27N7O2. The number of nitrogens with zero attached hydrogens (tertiary/aromatic N) is 5. The molecule has 1 aliphatic rings. The molecule has 1 saturated heterocycles. The Morgan fingerprint density at radius 1 is 1.17 bits per heavy atom. The zero-order chi connectivity index (χ0) is 25.2. The van der Waals surface area contributed by atoms with Crippen LogP contribution in [0.1, 0.15) is 47.1 Å². The van der Waals surface area contributed by atoms with Crippen molar-refractivity contribution in [3.63, 3.8) is 0 Å². The lowest BCUT2D eigenvalue weighted by molar-refractivity contribution is -0.129. The van der Waals surface area contributed by atoms with Crippen molar-refractivity contribution < 1.29 is 9.59 Å². The molecule has 0 aliphatic carbocycles. The Morgan fingerprint density at radius 3 is 2.78 bits per heavy atom. The lowest BCUT2D eigenvalue weighted by Crippen LogP contribution is -2.38. The van der Waals surface area contributed by atoms with Crippen molar-refractivity contribution in [1.82, 2.24) is 24.3 Å². The smallest absolute Gasteiger partial charge is 0.256 e. The zero-order valence-electron chi connectivity index (χ0n) is 20.0. The number of piperidine rings is 1. The Balaban J connectivity index is 1.56. The number of carbonyl (C=O) groups excluding carboxylic acids is 2. The summed E-state index contributed by atoms with van der Waals surface area (Å²) in [6.45, 7) is 6.25. The number of anilines is 2. The first-order valence-electron chi connectivity index (χ1n) is 11.9. The standard InChI is InChI=1S/C27H27N7O2/c1-3-22(35)33-14-7-5-8-20(33)26-32-23(24-25(28)30-13-15-34(24)26)19-11-10-18(16-17(19)2)27(36)31-21-9-4-6-12-29-21/h3-4,6,9-13,15-16,20H,1,5,7-8,14H2,2H3,(H2,28,30)(H,29,31,36)/t20-/m0/s1. The summed E-state index contributed by atoms with van der Waals surface area (Å²) in [4.78, 5) is 40.7. The van der Waals surface area contributed by atoms with Gasteiger partial charge in [0.05, 0.1) is 6.04 Å². The van der Waals surface area contributed by atoms with Crippen LogP contribution in [0.3, 0.4) is 0 Å². The predicted octanol–water partition coefficient (Wildman–Crippen LogP) is 4.17. The highest BCUT2D eigenvalue weighted by molar-refractivity contribution is 6.04. The molecule has 9 nitrogen and oxygen atoms in total. The molecule has 1 aromatic carbocycles. The van der Waals surface area contributed by atoms with E-state index in [1.54, 1.807) is 30.6 Å². The highest BCUT2D eigenvalue weighted by atomic mass is 16.2. The van der Waals surface area contributed by atoms with Crippen LogP contribution >= 0.6 is 0 Å². The first kappa shape index (κ1) is 23.2. The highest BCUT2D eigenvalue weighted by Crippen LogP contribution is 2.37. The second-order valence-electron chi connectivity index (χ2n) is 8.80. The molecule has 1 atom stereocenters. The highest BCUT2D eigenvalue weighted by Gasteiger charge is 2.31. The van der Waals surface area contributed by atoms with Crippen molar-refractivity contribution in [3.05, 3.63) is 84.6 Å². The monoisotopic (exact) mass is 481 g/mol. The first-order chi connectivity index (χ1) is 17.5. The van der Waals surface area contributed by atoms with Gasteiger partial charge in [0.15, 0.2) is 0 Å². The van der Waals surface area contributed by atoms with E-state index in [2.05, 4.69) is 21.9 Å². The van der Waals surface area contributed by atoms with Gasteiger partial charge in [-0.15, -0.1) is 0 Å². The third kappa shape index (κ3) is 4.19. The van der Waals surface area contributed by atoms with Gasteiger partial charge in [-0.1, -0.05) is 18.7 Å². The van der Waals surface area contributed by atoms with E-state index in [0.717, 1.165) is 36.2 Å². The zero-order valence-corrected chi connectivity index (χ0v) is 20.0. The van der Waals surface area contributed by atoms with Gasteiger partial charge in [0, 0.05) is 36.3 Å². The molecule has 4 heterocycles. The molecule has 0 saturated carbocycles. The van der Waals surface area contributed by atoms with E-state index < -0.39 is 0 Å². The van der Waals surface area contributed by atoms with E-state index in [1.165, 1.54) is 6.08 Å². The summed E-state index contributed by atoms with van der Waals surface area (Å²) < 4.78 is 1.93. The minimum Gasteiger partial charge on any atom is -0.382 e. The number of rotatable bonds is 5. The van der Waals surface area contributed by atoms with Gasteiger partial charge in [-0.25, -0.2) is 15.0 Å². The average Bonchev–Trinajstić information content (AvgIpc) is 3.29. The lowest BCUT2D eigenvalue weighted by Gasteiger charge is -2.34. The third-order valence-corrected chi connectivity index (χ3v) is 6.52. The van der Waals surface area contributed by atoms with Gasteiger partial charge in [-0.2, -0.15) is 0 Å². The number of pyridine rings is 1. The SMILES string of the molecule is C=CC(=O)N1CCCC[C@H]1c1nc(-c2ccc(C(=O)Nc3ccccn3)cc2C)c2c(N)nccn12. The predicted molar refractivity (Wildman–Crippen MR) is 138 cm³/mol. The fourth-order valence-corrected chi connectivity index (χ4v) is 4.79. The number of benzene rings is 1. The summed E-state index contributed by atoms with van der Waals surface area (Å²) in [5, 5.41) is 2.81. The Morgan fingerprint density at radius 2 is 2.03 bits per heavy atom. The number of nitrogen functional groups attached to an aromatic ring is 1. The molecule has 2 amide bonds. The van der Waals surface area contributed by atoms with Gasteiger partial charge >= 0.3 is 0 Å². The number of imidazole rings is 1. The summed E-state index contributed by atoms with van der Waals surface area (Å²) in [5.41, 5.74) is 9.89. The van der Waals surface area contributed by atoms with Crippen LogP contribution in [-0.2, 0) is 4.79 Å². The van der Waals surface area contributed by atoms with Crippen LogP contribution in [0.15, 0.2) is 67.6 Å². The summed E-state index contributed by atoms with van der Waals surface area (Å²) in [7, 11) is 0. The molecule has 182 valence electrons. The van der Waals surface area contributed by atoms with Gasteiger partial charge < -0.3 is 16.0 Å². The van der Waals surface area contributed by atoms with Crippen LogP contribution in [0.25, 0.3) is 16.8 Å². The van der Waals surface area contributed by atoms with Gasteiger partial charge in [0.25, 0.3) is 5.91 Å². The van der Waals surface area contributed by atoms with Crippen LogP contribution in [0.4, 0.5) is 11.6 Å². The molecule has 1 aliphatic heterocycles. The van der Waals surface area contributed by atoms with Crippen LogP contribution in [-0.4, -0.2) is 42.6 Å². The molecule has 3 aromatic heterocycles. The quantitative estimate of drug-likeness (QED) is 0.413. The maximum atomic E-state index is 12.8. The normalized spacial score (nSPS) is 15.6. The number of amides is 2. The van der Waals surface area contributed by atoms with E-state index in [0.29, 0.717) is 35.0 Å². The maximum absolute atomic E-state index is 12.8. The average molecular weight is 482 g/mol. The number of carbonyl (C=O) groups is 2. The van der Waals surface area contributed by atoms with Crippen molar-refractivity contribution >= 4 is 29.0 Å². The number of hydrogen-bond donors (Lipinski definition) is 2. The van der Waals surface area contributed by atoms with E-state index in [1.807, 2.05) is 40.6 Å². The van der Waals surface area contributed by atoms with Crippen LogP contribution in [0.5, 0.6) is 0 Å². The van der Waals surface area contributed by atoms with E-state index in [9.17, 15) is 9.59 Å². The molecule has 0 unspecified atom stereocenters. The molecule has 3 N–H and O–H groups in total. The molecule has 1 fully saturated rings. The fourth-order valence-electron chi connectivity index (χ4n) is 4.79. The second-order valence-corrected chi connectivity index (χ2v) is 8.80. The van der Waals surface area contributed by atoms with Gasteiger partial charge in [0.1, 0.15) is 28.7 Å². The minimum atomic E-state index is -0.249. The Labute approximate surface area is 208 Å². The fraction of sp³-hybridized carbons (Fsp3) is 0.222. The number of aromatic nitrogens is 4. The minimum absolute atomic E-state index is 0.112. The molecule has 36 heavy (non-hydrogen) atoms. The number of fused-ring (bicyclic) bond motifs is 1. The lowest BCUT2D eigenvalue weighted by atomic mass is 10.0. The number of hydrogen-bond acceptors (Lipinski definition) is 6. The number of nitrogens with one attached hydrogen (secondary N) is 1. The summed E-state index contributed by atoms with van der Waals surface area (Å²) in [6, 6.07) is 10.6. The molecule has 5 rings (SSSR count). The number of likely N-dealkylation sites (tertiary alicyclic amines) is 1. The van der Waals surface area contributed by atoms with Crippen LogP contribution < -0.4 is 11.1 Å². The Kier molecular flexibility index (Phi) is 6.20. The van der Waals surface area contributed by atoms with Crippen LogP contribution in [0, 0.1) is 6.92 Å². The van der Waals surface area contributed by atoms with E-state index in [4.69, 9.17) is 10.7 Å². The molecule has 0 bridgehead atoms. The summed E-state index contributed by atoms with van der Waals surface area (Å²) in [5.74, 6) is 1.21.